The normalized spacial score (nSPS) is 12.8. The molecular weight excluding hydrogens is 282 g/mol. The molecule has 0 spiro atoms. The Kier molecular flexibility index (Phi) is 3.31. The third kappa shape index (κ3) is 2.40. The molecular formula is C12H14BrN3O. The number of nitrogens with zero attached hydrogens (tertiary/aromatic N) is 3. The van der Waals surface area contributed by atoms with E-state index >= 15 is 0 Å². The summed E-state index contributed by atoms with van der Waals surface area (Å²) in [6.07, 6.45) is -0.719. The van der Waals surface area contributed by atoms with Gasteiger partial charge in [-0.1, -0.05) is 34.5 Å². The van der Waals surface area contributed by atoms with Crippen LogP contribution in [0.1, 0.15) is 28.5 Å². The van der Waals surface area contributed by atoms with Crippen LogP contribution in [-0.2, 0) is 7.05 Å². The molecule has 5 heteroatoms. The van der Waals surface area contributed by atoms with Gasteiger partial charge in [0.25, 0.3) is 0 Å². The SMILES string of the molecule is Cc1cc(C)cc(C(O)c2c(Br)nnn2C)c1. The molecule has 1 N–H and O–H groups in total. The maximum atomic E-state index is 10.4. The monoisotopic (exact) mass is 295 g/mol. The fourth-order valence-electron chi connectivity index (χ4n) is 1.95. The molecule has 1 aromatic heterocycles. The van der Waals surface area contributed by atoms with Crippen LogP contribution in [0.5, 0.6) is 0 Å². The lowest BCUT2D eigenvalue weighted by Crippen LogP contribution is -2.07. The van der Waals surface area contributed by atoms with E-state index in [4.69, 9.17) is 0 Å². The largest absolute Gasteiger partial charge is 0.382 e. The van der Waals surface area contributed by atoms with Crippen molar-refractivity contribution < 1.29 is 5.11 Å². The summed E-state index contributed by atoms with van der Waals surface area (Å²) in [4.78, 5) is 0. The van der Waals surface area contributed by atoms with Crippen LogP contribution < -0.4 is 0 Å². The summed E-state index contributed by atoms with van der Waals surface area (Å²) >= 11 is 3.30. The first-order valence-electron chi connectivity index (χ1n) is 5.30. The van der Waals surface area contributed by atoms with Crippen LogP contribution in [0.15, 0.2) is 22.8 Å². The van der Waals surface area contributed by atoms with Gasteiger partial charge in [0, 0.05) is 7.05 Å². The Bertz CT molecular complexity index is 511. The summed E-state index contributed by atoms with van der Waals surface area (Å²) in [5, 5.41) is 18.1. The number of hydrogen-bond acceptors (Lipinski definition) is 3. The smallest absolute Gasteiger partial charge is 0.154 e. The molecule has 2 aromatic rings. The van der Waals surface area contributed by atoms with Gasteiger partial charge in [-0.25, -0.2) is 4.68 Å². The van der Waals surface area contributed by atoms with Gasteiger partial charge in [-0.05, 0) is 35.3 Å². The zero-order valence-corrected chi connectivity index (χ0v) is 11.6. The lowest BCUT2D eigenvalue weighted by molar-refractivity contribution is 0.209. The van der Waals surface area contributed by atoms with E-state index in [1.54, 1.807) is 11.7 Å². The first-order valence-corrected chi connectivity index (χ1v) is 6.09. The molecule has 1 unspecified atom stereocenters. The van der Waals surface area contributed by atoms with Gasteiger partial charge < -0.3 is 5.11 Å². The fourth-order valence-corrected chi connectivity index (χ4v) is 2.50. The fraction of sp³-hybridized carbons (Fsp3) is 0.333. The molecule has 0 amide bonds. The van der Waals surface area contributed by atoms with Gasteiger partial charge in [-0.15, -0.1) is 5.10 Å². The molecule has 1 atom stereocenters. The molecule has 0 bridgehead atoms. The average molecular weight is 296 g/mol. The van der Waals surface area contributed by atoms with Crippen LogP contribution in [-0.4, -0.2) is 20.1 Å². The van der Waals surface area contributed by atoms with E-state index in [2.05, 4.69) is 32.3 Å². The minimum atomic E-state index is -0.719. The molecule has 17 heavy (non-hydrogen) atoms. The Hall–Kier alpha value is -1.20. The zero-order chi connectivity index (χ0) is 12.6. The van der Waals surface area contributed by atoms with Gasteiger partial charge in [0.15, 0.2) is 4.60 Å². The molecule has 0 saturated heterocycles. The van der Waals surface area contributed by atoms with E-state index < -0.39 is 6.10 Å². The Labute approximate surface area is 108 Å². The van der Waals surface area contributed by atoms with Crippen molar-refractivity contribution in [1.29, 1.82) is 0 Å². The highest BCUT2D eigenvalue weighted by Crippen LogP contribution is 2.27. The average Bonchev–Trinajstić information content (AvgIpc) is 2.56. The Balaban J connectivity index is 2.47. The van der Waals surface area contributed by atoms with E-state index in [-0.39, 0.29) is 0 Å². The van der Waals surface area contributed by atoms with Crippen molar-refractivity contribution in [2.75, 3.05) is 0 Å². The molecule has 0 fully saturated rings. The third-order valence-corrected chi connectivity index (χ3v) is 3.21. The minimum absolute atomic E-state index is 0.576. The second kappa shape index (κ2) is 4.58. The van der Waals surface area contributed by atoms with Gasteiger partial charge >= 0.3 is 0 Å². The third-order valence-electron chi connectivity index (χ3n) is 2.65. The Morgan fingerprint density at radius 3 is 2.29 bits per heavy atom. The van der Waals surface area contributed by atoms with Crippen LogP contribution in [0.3, 0.4) is 0 Å². The van der Waals surface area contributed by atoms with Crippen molar-refractivity contribution in [3.05, 3.63) is 45.2 Å². The number of rotatable bonds is 2. The van der Waals surface area contributed by atoms with Crippen LogP contribution in [0.25, 0.3) is 0 Å². The topological polar surface area (TPSA) is 50.9 Å². The number of benzene rings is 1. The van der Waals surface area contributed by atoms with E-state index in [0.717, 1.165) is 16.7 Å². The number of aliphatic hydroxyl groups is 1. The second-order valence-electron chi connectivity index (χ2n) is 4.21. The van der Waals surface area contributed by atoms with Crippen molar-refractivity contribution in [2.45, 2.75) is 20.0 Å². The highest BCUT2D eigenvalue weighted by Gasteiger charge is 2.19. The number of halogens is 1. The lowest BCUT2D eigenvalue weighted by atomic mass is 10.0. The summed E-state index contributed by atoms with van der Waals surface area (Å²) in [6, 6.07) is 6.01. The van der Waals surface area contributed by atoms with E-state index in [0.29, 0.717) is 10.3 Å². The molecule has 0 aliphatic heterocycles. The highest BCUT2D eigenvalue weighted by molar-refractivity contribution is 9.10. The van der Waals surface area contributed by atoms with Crippen LogP contribution in [0.4, 0.5) is 0 Å². The van der Waals surface area contributed by atoms with Gasteiger partial charge in [-0.2, -0.15) is 0 Å². The van der Waals surface area contributed by atoms with Crippen molar-refractivity contribution in [2.24, 2.45) is 7.05 Å². The molecule has 0 aliphatic carbocycles. The Morgan fingerprint density at radius 2 is 1.82 bits per heavy atom. The zero-order valence-electron chi connectivity index (χ0n) is 9.98. The lowest BCUT2D eigenvalue weighted by Gasteiger charge is -2.13. The summed E-state index contributed by atoms with van der Waals surface area (Å²) < 4.78 is 2.15. The van der Waals surface area contributed by atoms with Crippen molar-refractivity contribution in [1.82, 2.24) is 15.0 Å². The maximum Gasteiger partial charge on any atom is 0.154 e. The summed E-state index contributed by atoms with van der Waals surface area (Å²) in [5.74, 6) is 0. The first kappa shape index (κ1) is 12.3. The predicted octanol–water partition coefficient (Wildman–Crippen LogP) is 2.28. The first-order chi connectivity index (χ1) is 7.99. The second-order valence-corrected chi connectivity index (χ2v) is 4.96. The number of hydrogen-bond donors (Lipinski definition) is 1. The summed E-state index contributed by atoms with van der Waals surface area (Å²) in [5.41, 5.74) is 3.78. The van der Waals surface area contributed by atoms with Gasteiger partial charge in [0.1, 0.15) is 11.8 Å². The molecule has 0 saturated carbocycles. The van der Waals surface area contributed by atoms with Gasteiger partial charge in [0.05, 0.1) is 0 Å². The highest BCUT2D eigenvalue weighted by atomic mass is 79.9. The van der Waals surface area contributed by atoms with Gasteiger partial charge in [-0.3, -0.25) is 0 Å². The number of aliphatic hydroxyl groups excluding tert-OH is 1. The van der Waals surface area contributed by atoms with Crippen LogP contribution in [0, 0.1) is 13.8 Å². The maximum absolute atomic E-state index is 10.4. The van der Waals surface area contributed by atoms with Crippen LogP contribution >= 0.6 is 15.9 Å². The molecule has 2 rings (SSSR count). The predicted molar refractivity (Wildman–Crippen MR) is 68.7 cm³/mol. The molecule has 1 heterocycles. The molecule has 0 radical (unpaired) electrons. The minimum Gasteiger partial charge on any atom is -0.382 e. The van der Waals surface area contributed by atoms with Crippen molar-refractivity contribution in [3.63, 3.8) is 0 Å². The summed E-state index contributed by atoms with van der Waals surface area (Å²) in [6.45, 7) is 4.03. The standard InChI is InChI=1S/C12H14BrN3O/c1-7-4-8(2)6-9(5-7)11(17)10-12(13)14-15-16(10)3/h4-6,11,17H,1-3H3. The quantitative estimate of drug-likeness (QED) is 0.925. The van der Waals surface area contributed by atoms with Crippen LogP contribution in [0.2, 0.25) is 0 Å². The van der Waals surface area contributed by atoms with Gasteiger partial charge in [0.2, 0.25) is 0 Å². The van der Waals surface area contributed by atoms with E-state index in [9.17, 15) is 5.11 Å². The molecule has 4 nitrogen and oxygen atoms in total. The summed E-state index contributed by atoms with van der Waals surface area (Å²) in [7, 11) is 1.76. The molecule has 90 valence electrons. The Morgan fingerprint density at radius 1 is 1.24 bits per heavy atom. The van der Waals surface area contributed by atoms with E-state index in [1.165, 1.54) is 0 Å². The van der Waals surface area contributed by atoms with Crippen molar-refractivity contribution in [3.8, 4) is 0 Å². The molecule has 1 aromatic carbocycles. The van der Waals surface area contributed by atoms with E-state index in [1.807, 2.05) is 26.0 Å². The van der Waals surface area contributed by atoms with Crippen molar-refractivity contribution >= 4 is 15.9 Å². The number of aromatic nitrogens is 3. The molecule has 0 aliphatic rings. The number of aryl methyl sites for hydroxylation is 3.